The minimum Gasteiger partial charge on any atom is -0.497 e. The van der Waals surface area contributed by atoms with Crippen molar-refractivity contribution in [2.75, 3.05) is 7.11 Å². The van der Waals surface area contributed by atoms with E-state index in [1.807, 2.05) is 30.5 Å². The Bertz CT molecular complexity index is 481. The molecular weight excluding hydrogens is 291 g/mol. The van der Waals surface area contributed by atoms with Crippen LogP contribution in [0.3, 0.4) is 0 Å². The van der Waals surface area contributed by atoms with Gasteiger partial charge in [-0.3, -0.25) is 0 Å². The molecule has 1 aromatic carbocycles. The number of aromatic nitrogens is 2. The summed E-state index contributed by atoms with van der Waals surface area (Å²) in [5.74, 6) is 1.27. The van der Waals surface area contributed by atoms with Crippen molar-refractivity contribution in [2.45, 2.75) is 5.88 Å². The Morgan fingerprint density at radius 3 is 2.56 bits per heavy atom. The molecule has 3 nitrogen and oxygen atoms in total. The van der Waals surface area contributed by atoms with Crippen LogP contribution in [0.2, 0.25) is 0 Å². The standard InChI is InChI=1S/C11H10BrClN2O/c1-16-10-4-2-9(3-5-10)15-7-8(6-13)11(12)14-15/h2-5,7H,6H2,1H3. The first-order chi connectivity index (χ1) is 7.74. The molecule has 1 aromatic heterocycles. The van der Waals surface area contributed by atoms with Gasteiger partial charge in [0.05, 0.1) is 18.7 Å². The summed E-state index contributed by atoms with van der Waals surface area (Å²) in [6.45, 7) is 0. The number of rotatable bonds is 3. The summed E-state index contributed by atoms with van der Waals surface area (Å²) in [4.78, 5) is 0. The summed E-state index contributed by atoms with van der Waals surface area (Å²) in [7, 11) is 1.64. The number of hydrogen-bond donors (Lipinski definition) is 0. The van der Waals surface area contributed by atoms with Gasteiger partial charge in [-0.05, 0) is 40.2 Å². The number of benzene rings is 1. The third-order valence-corrected chi connectivity index (χ3v) is 3.18. The molecular formula is C11H10BrClN2O. The molecule has 0 unspecified atom stereocenters. The molecule has 0 spiro atoms. The van der Waals surface area contributed by atoms with Crippen LogP contribution in [0.15, 0.2) is 35.1 Å². The first-order valence-electron chi connectivity index (χ1n) is 4.69. The summed E-state index contributed by atoms with van der Waals surface area (Å²) in [5.41, 5.74) is 1.94. The van der Waals surface area contributed by atoms with Gasteiger partial charge in [0.1, 0.15) is 10.4 Å². The molecule has 0 aliphatic carbocycles. The molecule has 0 radical (unpaired) electrons. The number of methoxy groups -OCH3 is 1. The lowest BCUT2D eigenvalue weighted by atomic mass is 10.3. The van der Waals surface area contributed by atoms with Crippen molar-refractivity contribution in [1.82, 2.24) is 9.78 Å². The van der Waals surface area contributed by atoms with Crippen LogP contribution in [0, 0.1) is 0 Å². The van der Waals surface area contributed by atoms with E-state index >= 15 is 0 Å². The smallest absolute Gasteiger partial charge is 0.132 e. The minimum atomic E-state index is 0.441. The summed E-state index contributed by atoms with van der Waals surface area (Å²) in [5, 5.41) is 4.32. The maximum absolute atomic E-state index is 5.78. The number of nitrogens with zero attached hydrogens (tertiary/aromatic N) is 2. The topological polar surface area (TPSA) is 27.1 Å². The summed E-state index contributed by atoms with van der Waals surface area (Å²) >= 11 is 9.14. The second kappa shape index (κ2) is 4.89. The van der Waals surface area contributed by atoms with Gasteiger partial charge in [-0.1, -0.05) is 0 Å². The van der Waals surface area contributed by atoms with E-state index in [9.17, 15) is 0 Å². The zero-order valence-electron chi connectivity index (χ0n) is 8.65. The van der Waals surface area contributed by atoms with Crippen LogP contribution >= 0.6 is 27.5 Å². The third-order valence-electron chi connectivity index (χ3n) is 2.22. The first kappa shape index (κ1) is 11.5. The quantitative estimate of drug-likeness (QED) is 0.813. The van der Waals surface area contributed by atoms with Gasteiger partial charge in [-0.15, -0.1) is 11.6 Å². The predicted molar refractivity (Wildman–Crippen MR) is 67.4 cm³/mol. The second-order valence-corrected chi connectivity index (χ2v) is 4.24. The maximum atomic E-state index is 5.78. The fraction of sp³-hybridized carbons (Fsp3) is 0.182. The Balaban J connectivity index is 2.34. The van der Waals surface area contributed by atoms with E-state index < -0.39 is 0 Å². The van der Waals surface area contributed by atoms with Crippen molar-refractivity contribution in [3.8, 4) is 11.4 Å². The molecule has 2 rings (SSSR count). The van der Waals surface area contributed by atoms with Crippen molar-refractivity contribution in [3.05, 3.63) is 40.6 Å². The first-order valence-corrected chi connectivity index (χ1v) is 6.02. The van der Waals surface area contributed by atoms with E-state index in [0.29, 0.717) is 5.88 Å². The predicted octanol–water partition coefficient (Wildman–Crippen LogP) is 3.38. The highest BCUT2D eigenvalue weighted by atomic mass is 79.9. The minimum absolute atomic E-state index is 0.441. The average molecular weight is 302 g/mol. The molecule has 0 fully saturated rings. The van der Waals surface area contributed by atoms with Crippen LogP contribution in [0.1, 0.15) is 5.56 Å². The van der Waals surface area contributed by atoms with Crippen molar-refractivity contribution < 1.29 is 4.74 Å². The van der Waals surface area contributed by atoms with Crippen molar-refractivity contribution in [2.24, 2.45) is 0 Å². The molecule has 0 N–H and O–H groups in total. The lowest BCUT2D eigenvalue weighted by Crippen LogP contribution is -1.94. The summed E-state index contributed by atoms with van der Waals surface area (Å²) < 4.78 is 7.65. The van der Waals surface area contributed by atoms with Crippen LogP contribution in [-0.4, -0.2) is 16.9 Å². The zero-order chi connectivity index (χ0) is 11.5. The molecule has 0 saturated heterocycles. The molecule has 0 aliphatic rings. The van der Waals surface area contributed by atoms with Gasteiger partial charge in [0.25, 0.3) is 0 Å². The number of ether oxygens (including phenoxy) is 1. The zero-order valence-corrected chi connectivity index (χ0v) is 11.0. The van der Waals surface area contributed by atoms with E-state index in [2.05, 4.69) is 21.0 Å². The largest absolute Gasteiger partial charge is 0.497 e. The molecule has 0 saturated carbocycles. The molecule has 2 aromatic rings. The van der Waals surface area contributed by atoms with E-state index in [1.54, 1.807) is 11.8 Å². The SMILES string of the molecule is COc1ccc(-n2cc(CCl)c(Br)n2)cc1. The lowest BCUT2D eigenvalue weighted by molar-refractivity contribution is 0.414. The van der Waals surface area contributed by atoms with Gasteiger partial charge in [-0.2, -0.15) is 5.10 Å². The highest BCUT2D eigenvalue weighted by Crippen LogP contribution is 2.20. The van der Waals surface area contributed by atoms with E-state index in [0.717, 1.165) is 21.6 Å². The Hall–Kier alpha value is -1.00. The second-order valence-electron chi connectivity index (χ2n) is 3.22. The number of hydrogen-bond acceptors (Lipinski definition) is 2. The monoisotopic (exact) mass is 300 g/mol. The van der Waals surface area contributed by atoms with Gasteiger partial charge in [-0.25, -0.2) is 4.68 Å². The number of alkyl halides is 1. The Morgan fingerprint density at radius 2 is 2.06 bits per heavy atom. The maximum Gasteiger partial charge on any atom is 0.132 e. The highest BCUT2D eigenvalue weighted by molar-refractivity contribution is 9.10. The lowest BCUT2D eigenvalue weighted by Gasteiger charge is -2.02. The Morgan fingerprint density at radius 1 is 1.38 bits per heavy atom. The molecule has 5 heteroatoms. The van der Waals surface area contributed by atoms with Crippen LogP contribution in [0.4, 0.5) is 0 Å². The van der Waals surface area contributed by atoms with Crippen molar-refractivity contribution in [3.63, 3.8) is 0 Å². The van der Waals surface area contributed by atoms with Crippen LogP contribution in [0.25, 0.3) is 5.69 Å². The highest BCUT2D eigenvalue weighted by Gasteiger charge is 2.06. The Kier molecular flexibility index (Phi) is 3.51. The van der Waals surface area contributed by atoms with Gasteiger partial charge in [0.2, 0.25) is 0 Å². The van der Waals surface area contributed by atoms with E-state index in [-0.39, 0.29) is 0 Å². The molecule has 16 heavy (non-hydrogen) atoms. The summed E-state index contributed by atoms with van der Waals surface area (Å²) in [6, 6.07) is 7.67. The normalized spacial score (nSPS) is 10.4. The van der Waals surface area contributed by atoms with E-state index in [1.165, 1.54) is 0 Å². The van der Waals surface area contributed by atoms with Crippen molar-refractivity contribution in [1.29, 1.82) is 0 Å². The molecule has 1 heterocycles. The molecule has 84 valence electrons. The van der Waals surface area contributed by atoms with Gasteiger partial charge in [0, 0.05) is 11.8 Å². The van der Waals surface area contributed by atoms with Crippen LogP contribution in [-0.2, 0) is 5.88 Å². The fourth-order valence-corrected chi connectivity index (χ4v) is 2.12. The van der Waals surface area contributed by atoms with Crippen LogP contribution in [0.5, 0.6) is 5.75 Å². The van der Waals surface area contributed by atoms with Gasteiger partial charge >= 0.3 is 0 Å². The average Bonchev–Trinajstić information content (AvgIpc) is 2.71. The Labute approximate surface area is 107 Å². The van der Waals surface area contributed by atoms with Crippen molar-refractivity contribution >= 4 is 27.5 Å². The fourth-order valence-electron chi connectivity index (χ4n) is 1.35. The van der Waals surface area contributed by atoms with Gasteiger partial charge < -0.3 is 4.74 Å². The molecule has 0 amide bonds. The third kappa shape index (κ3) is 2.23. The number of halogens is 2. The molecule has 0 aliphatic heterocycles. The molecule has 0 atom stereocenters. The summed E-state index contributed by atoms with van der Waals surface area (Å²) in [6.07, 6.45) is 1.90. The molecule has 0 bridgehead atoms. The van der Waals surface area contributed by atoms with Crippen LogP contribution < -0.4 is 4.74 Å². The van der Waals surface area contributed by atoms with E-state index in [4.69, 9.17) is 16.3 Å². The van der Waals surface area contributed by atoms with Gasteiger partial charge in [0.15, 0.2) is 0 Å².